The van der Waals surface area contributed by atoms with Gasteiger partial charge in [0.2, 0.25) is 0 Å². The second kappa shape index (κ2) is 10.0. The Morgan fingerprint density at radius 2 is 1.26 bits per heavy atom. The average Bonchev–Trinajstić information content (AvgIpc) is 3.57. The normalized spacial score (nSPS) is 38.6. The summed E-state index contributed by atoms with van der Waals surface area (Å²) < 4.78 is 0. The van der Waals surface area contributed by atoms with Gasteiger partial charge in [0.05, 0.1) is 16.1 Å². The third-order valence-corrected chi connectivity index (χ3v) is 18.4. The molecular weight excluding hydrogens is 530 g/mol. The van der Waals surface area contributed by atoms with Crippen molar-refractivity contribution in [2.75, 3.05) is 32.3 Å². The van der Waals surface area contributed by atoms with Crippen molar-refractivity contribution in [2.45, 2.75) is 94.8 Å². The van der Waals surface area contributed by atoms with Crippen LogP contribution < -0.4 is 21.0 Å². The predicted molar refractivity (Wildman–Crippen MR) is 179 cm³/mol. The minimum atomic E-state index is -1.53. The maximum atomic E-state index is 3.80. The van der Waals surface area contributed by atoms with Crippen molar-refractivity contribution >= 4 is 45.0 Å². The summed E-state index contributed by atoms with van der Waals surface area (Å²) in [5.41, 5.74) is 3.99. The van der Waals surface area contributed by atoms with Gasteiger partial charge in [0, 0.05) is 10.6 Å². The zero-order valence-electron chi connectivity index (χ0n) is 25.3. The first kappa shape index (κ1) is 28.5. The van der Waals surface area contributed by atoms with Gasteiger partial charge >= 0.3 is 0 Å². The highest BCUT2D eigenvalue weighted by Gasteiger charge is 2.59. The summed E-state index contributed by atoms with van der Waals surface area (Å²) in [4.78, 5) is 0. The van der Waals surface area contributed by atoms with Crippen molar-refractivity contribution in [1.82, 2.24) is 10.6 Å². The summed E-state index contributed by atoms with van der Waals surface area (Å²) in [6.07, 6.45) is 11.4. The van der Waals surface area contributed by atoms with Gasteiger partial charge in [-0.15, -0.1) is 18.5 Å². The SMILES string of the molecule is C[Si](C)(C)c1cc(C(P)(C2CCNC2)C2CCNC2)c(C2(CP)C3CC4CC(C3)CC2C4)cc1[Si](C)(C)C. The Morgan fingerprint density at radius 3 is 1.66 bits per heavy atom. The van der Waals surface area contributed by atoms with E-state index in [-0.39, 0.29) is 5.16 Å². The summed E-state index contributed by atoms with van der Waals surface area (Å²) in [7, 11) is 3.93. The lowest BCUT2D eigenvalue weighted by Gasteiger charge is -2.63. The fourth-order valence-corrected chi connectivity index (χ4v) is 17.2. The number of rotatable bonds is 7. The second-order valence-corrected chi connectivity index (χ2v) is 27.7. The van der Waals surface area contributed by atoms with E-state index in [0.717, 1.165) is 23.7 Å². The van der Waals surface area contributed by atoms with Gasteiger partial charge in [-0.1, -0.05) is 61.8 Å². The lowest BCUT2D eigenvalue weighted by atomic mass is 9.43. The van der Waals surface area contributed by atoms with Crippen LogP contribution in [-0.4, -0.2) is 48.5 Å². The van der Waals surface area contributed by atoms with Crippen LogP contribution in [0.1, 0.15) is 56.1 Å². The van der Waals surface area contributed by atoms with E-state index in [1.54, 1.807) is 10.8 Å². The van der Waals surface area contributed by atoms with E-state index < -0.39 is 16.1 Å². The van der Waals surface area contributed by atoms with E-state index >= 15 is 0 Å². The number of hydrogen-bond donors (Lipinski definition) is 2. The van der Waals surface area contributed by atoms with Gasteiger partial charge in [0.25, 0.3) is 0 Å². The summed E-state index contributed by atoms with van der Waals surface area (Å²) in [6, 6.07) is 5.82. The molecule has 7 rings (SSSR count). The highest BCUT2D eigenvalue weighted by molar-refractivity contribution is 7.18. The average molecular weight is 587 g/mol. The molecule has 6 fully saturated rings. The molecule has 1 aromatic rings. The van der Waals surface area contributed by atoms with Gasteiger partial charge in [-0.05, 0) is 124 Å². The Bertz CT molecular complexity index is 1000. The van der Waals surface area contributed by atoms with E-state index in [2.05, 4.69) is 80.5 Å². The van der Waals surface area contributed by atoms with Crippen molar-refractivity contribution in [3.8, 4) is 0 Å². The molecule has 0 aromatic heterocycles. The van der Waals surface area contributed by atoms with Crippen LogP contribution in [-0.2, 0) is 10.6 Å². The van der Waals surface area contributed by atoms with E-state index in [9.17, 15) is 0 Å². The molecule has 6 heteroatoms. The number of hydrogen-bond acceptors (Lipinski definition) is 2. The summed E-state index contributed by atoms with van der Waals surface area (Å²) >= 11 is 0. The fourth-order valence-electron chi connectivity index (χ4n) is 10.4. The summed E-state index contributed by atoms with van der Waals surface area (Å²) in [5.74, 6) is 5.23. The molecule has 6 aliphatic rings. The van der Waals surface area contributed by atoms with Gasteiger partial charge < -0.3 is 10.6 Å². The van der Waals surface area contributed by atoms with Gasteiger partial charge in [-0.25, -0.2) is 0 Å². The Labute approximate surface area is 240 Å². The van der Waals surface area contributed by atoms with Crippen molar-refractivity contribution < 1.29 is 0 Å². The Balaban J connectivity index is 1.65. The molecule has 212 valence electrons. The fraction of sp³-hybridized carbons (Fsp3) is 0.812. The largest absolute Gasteiger partial charge is 0.316 e. The lowest BCUT2D eigenvalue weighted by molar-refractivity contribution is -0.0507. The summed E-state index contributed by atoms with van der Waals surface area (Å²) in [5, 5.41) is 11.4. The molecule has 4 aliphatic carbocycles. The molecule has 2 nitrogen and oxygen atoms in total. The molecular formula is C32H56N2P2Si2. The molecule has 4 atom stereocenters. The monoisotopic (exact) mass is 586 g/mol. The molecule has 0 spiro atoms. The topological polar surface area (TPSA) is 24.1 Å². The van der Waals surface area contributed by atoms with Gasteiger partial charge in [-0.3, -0.25) is 0 Å². The van der Waals surface area contributed by atoms with Crippen LogP contribution in [0.3, 0.4) is 0 Å². The quantitative estimate of drug-likeness (QED) is 0.320. The Hall–Kier alpha value is 0.434. The van der Waals surface area contributed by atoms with Crippen molar-refractivity contribution in [2.24, 2.45) is 35.5 Å². The molecule has 4 saturated carbocycles. The maximum Gasteiger partial charge on any atom is 0.0774 e. The van der Waals surface area contributed by atoms with Crippen LogP contribution >= 0.6 is 18.5 Å². The van der Waals surface area contributed by atoms with Crippen molar-refractivity contribution in [3.63, 3.8) is 0 Å². The third-order valence-electron chi connectivity index (χ3n) is 12.1. The van der Waals surface area contributed by atoms with Crippen LogP contribution in [0.5, 0.6) is 0 Å². The second-order valence-electron chi connectivity index (χ2n) is 16.3. The molecule has 0 amide bonds. The van der Waals surface area contributed by atoms with Gasteiger partial charge in [0.15, 0.2) is 0 Å². The predicted octanol–water partition coefficient (Wildman–Crippen LogP) is 5.64. The number of nitrogens with one attached hydrogen (secondary N) is 2. The molecule has 4 unspecified atom stereocenters. The zero-order chi connectivity index (χ0) is 27.1. The molecule has 2 heterocycles. The van der Waals surface area contributed by atoms with E-state index in [1.807, 2.05) is 10.8 Å². The van der Waals surface area contributed by atoms with E-state index in [1.165, 1.54) is 77.3 Å². The first-order chi connectivity index (χ1) is 17.9. The smallest absolute Gasteiger partial charge is 0.0774 e. The van der Waals surface area contributed by atoms with E-state index in [4.69, 9.17) is 0 Å². The maximum absolute atomic E-state index is 3.80. The molecule has 4 bridgehead atoms. The van der Waals surface area contributed by atoms with E-state index in [0.29, 0.717) is 17.3 Å². The number of benzene rings is 1. The first-order valence-electron chi connectivity index (χ1n) is 16.0. The minimum absolute atomic E-state index is 0.163. The van der Waals surface area contributed by atoms with Crippen LogP contribution in [0.2, 0.25) is 39.3 Å². The van der Waals surface area contributed by atoms with Gasteiger partial charge in [0.1, 0.15) is 0 Å². The first-order valence-corrected chi connectivity index (χ1v) is 24.4. The highest BCUT2D eigenvalue weighted by atomic mass is 31.0. The summed E-state index contributed by atoms with van der Waals surface area (Å²) in [6.45, 7) is 20.4. The lowest BCUT2D eigenvalue weighted by Crippen LogP contribution is -2.61. The molecule has 0 radical (unpaired) electrons. The Morgan fingerprint density at radius 1 is 0.789 bits per heavy atom. The molecule has 38 heavy (non-hydrogen) atoms. The van der Waals surface area contributed by atoms with Crippen LogP contribution in [0.15, 0.2) is 12.1 Å². The molecule has 1 aromatic carbocycles. The molecule has 2 aliphatic heterocycles. The van der Waals surface area contributed by atoms with Gasteiger partial charge in [-0.2, -0.15) is 0 Å². The Kier molecular flexibility index (Phi) is 7.53. The van der Waals surface area contributed by atoms with Crippen LogP contribution in [0.25, 0.3) is 0 Å². The highest BCUT2D eigenvalue weighted by Crippen LogP contribution is 2.65. The molecule has 2 N–H and O–H groups in total. The van der Waals surface area contributed by atoms with Crippen LogP contribution in [0.4, 0.5) is 0 Å². The van der Waals surface area contributed by atoms with Crippen LogP contribution in [0, 0.1) is 35.5 Å². The van der Waals surface area contributed by atoms with Crippen molar-refractivity contribution in [3.05, 3.63) is 23.3 Å². The standard InChI is InChI=1S/C32H56N2P2Si2/c1-37(2,3)29-16-27(31(20-35)25-12-21-11-22(14-25)15-26(31)13-21)28(17-30(29)38(4,5)6)32(36,23-7-9-33-18-23)24-8-10-34-19-24/h16-17,21-26,33-34H,7-15,18-20,35-36H2,1-6H3. The third kappa shape index (κ3) is 4.45. The molecule has 2 saturated heterocycles. The zero-order valence-corrected chi connectivity index (χ0v) is 29.6. The van der Waals surface area contributed by atoms with Crippen molar-refractivity contribution in [1.29, 1.82) is 0 Å². The minimum Gasteiger partial charge on any atom is -0.316 e.